The number of hydrogen-bond acceptors (Lipinski definition) is 9. The molecule has 0 bridgehead atoms. The SMILES string of the molecule is CCN(CC)S(=O)(=O)c1ccc2nc(CSc3nnc(-c4sc(C)nc4C)o3)[nH]c2c1. The van der Waals surface area contributed by atoms with Crippen LogP contribution in [0.2, 0.25) is 0 Å². The van der Waals surface area contributed by atoms with Gasteiger partial charge in [0.15, 0.2) is 0 Å². The van der Waals surface area contributed by atoms with Crippen LogP contribution in [0, 0.1) is 13.8 Å². The number of benzene rings is 1. The molecule has 0 saturated carbocycles. The van der Waals surface area contributed by atoms with Crippen LogP contribution in [-0.2, 0) is 15.8 Å². The average molecular weight is 479 g/mol. The van der Waals surface area contributed by atoms with Gasteiger partial charge in [-0.3, -0.25) is 0 Å². The van der Waals surface area contributed by atoms with E-state index in [1.54, 1.807) is 18.2 Å². The van der Waals surface area contributed by atoms with Crippen LogP contribution in [0.3, 0.4) is 0 Å². The van der Waals surface area contributed by atoms with E-state index in [1.807, 2.05) is 27.7 Å². The summed E-state index contributed by atoms with van der Waals surface area (Å²) < 4.78 is 32.7. The fourth-order valence-corrected chi connectivity index (χ4v) is 6.16. The number of aromatic nitrogens is 5. The van der Waals surface area contributed by atoms with E-state index in [0.717, 1.165) is 15.6 Å². The minimum atomic E-state index is -3.52. The standard InChI is InChI=1S/C19H22N6O3S3/c1-5-25(6-2)31(26,27)13-7-8-14-15(9-13)22-16(21-14)10-29-19-24-23-18(28-19)17-11(3)20-12(4)30-17/h7-9H,5-6,10H2,1-4H3,(H,21,22). The fraction of sp³-hybridized carbons (Fsp3) is 0.368. The Morgan fingerprint density at radius 3 is 2.61 bits per heavy atom. The van der Waals surface area contributed by atoms with Crippen molar-refractivity contribution < 1.29 is 12.8 Å². The Kier molecular flexibility index (Phi) is 6.15. The Hall–Kier alpha value is -2.28. The van der Waals surface area contributed by atoms with Gasteiger partial charge in [-0.25, -0.2) is 18.4 Å². The van der Waals surface area contributed by atoms with Crippen LogP contribution in [0.15, 0.2) is 32.7 Å². The molecule has 31 heavy (non-hydrogen) atoms. The smallest absolute Gasteiger partial charge is 0.277 e. The van der Waals surface area contributed by atoms with Crippen molar-refractivity contribution in [2.24, 2.45) is 0 Å². The molecule has 1 N–H and O–H groups in total. The van der Waals surface area contributed by atoms with Crippen LogP contribution in [0.1, 0.15) is 30.4 Å². The van der Waals surface area contributed by atoms with Crippen molar-refractivity contribution >= 4 is 44.2 Å². The number of sulfonamides is 1. The van der Waals surface area contributed by atoms with Gasteiger partial charge in [-0.05, 0) is 32.0 Å². The minimum absolute atomic E-state index is 0.253. The van der Waals surface area contributed by atoms with Crippen molar-refractivity contribution in [2.45, 2.75) is 43.6 Å². The molecule has 0 aliphatic rings. The van der Waals surface area contributed by atoms with E-state index >= 15 is 0 Å². The van der Waals surface area contributed by atoms with Gasteiger partial charge in [-0.15, -0.1) is 21.5 Å². The molecule has 12 heteroatoms. The molecule has 0 spiro atoms. The summed E-state index contributed by atoms with van der Waals surface area (Å²) in [5.74, 6) is 1.64. The number of thioether (sulfide) groups is 1. The predicted octanol–water partition coefficient (Wildman–Crippen LogP) is 4.01. The maximum Gasteiger partial charge on any atom is 0.277 e. The minimum Gasteiger partial charge on any atom is -0.410 e. The molecule has 1 aromatic carbocycles. The van der Waals surface area contributed by atoms with E-state index in [1.165, 1.54) is 27.4 Å². The maximum atomic E-state index is 12.8. The van der Waals surface area contributed by atoms with E-state index in [4.69, 9.17) is 4.42 Å². The zero-order chi connectivity index (χ0) is 22.2. The van der Waals surface area contributed by atoms with E-state index in [-0.39, 0.29) is 4.90 Å². The summed E-state index contributed by atoms with van der Waals surface area (Å²) in [5.41, 5.74) is 2.25. The molecule has 0 aliphatic carbocycles. The van der Waals surface area contributed by atoms with Gasteiger partial charge in [0.25, 0.3) is 11.1 Å². The molecule has 3 heterocycles. The molecular weight excluding hydrogens is 456 g/mol. The summed E-state index contributed by atoms with van der Waals surface area (Å²) >= 11 is 2.88. The number of thiazole rings is 1. The lowest BCUT2D eigenvalue weighted by Crippen LogP contribution is -2.30. The summed E-state index contributed by atoms with van der Waals surface area (Å²) in [4.78, 5) is 13.2. The first-order valence-corrected chi connectivity index (χ1v) is 13.0. The van der Waals surface area contributed by atoms with Crippen molar-refractivity contribution in [3.63, 3.8) is 0 Å². The molecular formula is C19H22N6O3S3. The lowest BCUT2D eigenvalue weighted by atomic mass is 10.3. The van der Waals surface area contributed by atoms with Crippen LogP contribution in [0.25, 0.3) is 21.8 Å². The molecule has 4 rings (SSSR count). The second kappa shape index (κ2) is 8.69. The van der Waals surface area contributed by atoms with Crippen LogP contribution in [0.4, 0.5) is 0 Å². The third-order valence-corrected chi connectivity index (χ3v) is 8.62. The molecule has 0 saturated heterocycles. The molecule has 0 radical (unpaired) electrons. The quantitative estimate of drug-likeness (QED) is 0.377. The Morgan fingerprint density at radius 1 is 1.16 bits per heavy atom. The molecule has 164 valence electrons. The number of hydrogen-bond donors (Lipinski definition) is 1. The number of fused-ring (bicyclic) bond motifs is 1. The molecule has 0 atom stereocenters. The van der Waals surface area contributed by atoms with Crippen LogP contribution < -0.4 is 0 Å². The monoisotopic (exact) mass is 478 g/mol. The third kappa shape index (κ3) is 4.38. The summed E-state index contributed by atoms with van der Waals surface area (Å²) in [6.45, 7) is 8.35. The van der Waals surface area contributed by atoms with Gasteiger partial charge in [0.2, 0.25) is 10.0 Å². The van der Waals surface area contributed by atoms with E-state index < -0.39 is 10.0 Å². The lowest BCUT2D eigenvalue weighted by molar-refractivity contribution is 0.445. The third-order valence-electron chi connectivity index (χ3n) is 4.68. The Morgan fingerprint density at radius 2 is 1.94 bits per heavy atom. The average Bonchev–Trinajstić information content (AvgIpc) is 3.44. The topological polar surface area (TPSA) is 118 Å². The summed E-state index contributed by atoms with van der Waals surface area (Å²) in [5, 5.41) is 9.60. The fourth-order valence-electron chi connectivity index (χ4n) is 3.20. The first-order chi connectivity index (χ1) is 14.8. The predicted molar refractivity (Wildman–Crippen MR) is 121 cm³/mol. The number of rotatable bonds is 8. The molecule has 0 amide bonds. The highest BCUT2D eigenvalue weighted by molar-refractivity contribution is 7.98. The van der Waals surface area contributed by atoms with Gasteiger partial charge in [0, 0.05) is 13.1 Å². The largest absolute Gasteiger partial charge is 0.410 e. The van der Waals surface area contributed by atoms with Crippen molar-refractivity contribution in [1.29, 1.82) is 0 Å². The molecule has 0 fully saturated rings. The van der Waals surface area contributed by atoms with Crippen molar-refractivity contribution in [2.75, 3.05) is 13.1 Å². The maximum absolute atomic E-state index is 12.8. The van der Waals surface area contributed by atoms with Gasteiger partial charge in [0.05, 0.1) is 32.4 Å². The Balaban J connectivity index is 1.51. The Labute approximate surface area is 188 Å². The summed E-state index contributed by atoms with van der Waals surface area (Å²) in [7, 11) is -3.52. The van der Waals surface area contributed by atoms with Crippen molar-refractivity contribution in [1.82, 2.24) is 29.5 Å². The number of nitrogens with zero attached hydrogens (tertiary/aromatic N) is 5. The number of aromatic amines is 1. The first-order valence-electron chi connectivity index (χ1n) is 9.71. The zero-order valence-electron chi connectivity index (χ0n) is 17.5. The van der Waals surface area contributed by atoms with Crippen molar-refractivity contribution in [3.8, 4) is 10.8 Å². The molecule has 9 nitrogen and oxygen atoms in total. The van der Waals surface area contributed by atoms with Crippen LogP contribution in [0.5, 0.6) is 0 Å². The van der Waals surface area contributed by atoms with Crippen molar-refractivity contribution in [3.05, 3.63) is 34.7 Å². The Bertz CT molecular complexity index is 1320. The van der Waals surface area contributed by atoms with E-state index in [2.05, 4.69) is 25.1 Å². The van der Waals surface area contributed by atoms with Gasteiger partial charge in [0.1, 0.15) is 10.7 Å². The second-order valence-electron chi connectivity index (χ2n) is 6.76. The summed E-state index contributed by atoms with van der Waals surface area (Å²) in [6.07, 6.45) is 0. The van der Waals surface area contributed by atoms with Gasteiger partial charge in [-0.2, -0.15) is 4.31 Å². The summed E-state index contributed by atoms with van der Waals surface area (Å²) in [6, 6.07) is 4.94. The second-order valence-corrected chi connectivity index (χ2v) is 10.8. The normalized spacial score (nSPS) is 12.3. The molecule has 3 aromatic heterocycles. The van der Waals surface area contributed by atoms with Gasteiger partial charge < -0.3 is 9.40 Å². The molecule has 0 unspecified atom stereocenters. The van der Waals surface area contributed by atoms with Gasteiger partial charge >= 0.3 is 0 Å². The number of H-pyrrole nitrogens is 1. The highest BCUT2D eigenvalue weighted by Crippen LogP contribution is 2.31. The highest BCUT2D eigenvalue weighted by atomic mass is 32.2. The van der Waals surface area contributed by atoms with Crippen LogP contribution in [-0.4, -0.2) is 51.0 Å². The van der Waals surface area contributed by atoms with E-state index in [0.29, 0.717) is 46.8 Å². The van der Waals surface area contributed by atoms with Gasteiger partial charge in [-0.1, -0.05) is 25.6 Å². The zero-order valence-corrected chi connectivity index (χ0v) is 20.0. The van der Waals surface area contributed by atoms with Crippen LogP contribution >= 0.6 is 23.1 Å². The molecule has 4 aromatic rings. The highest BCUT2D eigenvalue weighted by Gasteiger charge is 2.22. The number of imidazole rings is 1. The van der Waals surface area contributed by atoms with E-state index in [9.17, 15) is 8.42 Å². The number of aryl methyl sites for hydroxylation is 2. The first kappa shape index (κ1) is 21.9. The molecule has 0 aliphatic heterocycles. The lowest BCUT2D eigenvalue weighted by Gasteiger charge is -2.18. The number of nitrogens with one attached hydrogen (secondary N) is 1.